The van der Waals surface area contributed by atoms with E-state index >= 15 is 0 Å². The van der Waals surface area contributed by atoms with Crippen LogP contribution in [0.15, 0.2) is 0 Å². The van der Waals surface area contributed by atoms with Gasteiger partial charge >= 0.3 is 0 Å². The molecule has 0 bridgehead atoms. The lowest BCUT2D eigenvalue weighted by atomic mass is 9.54. The molecule has 0 heterocycles. The fourth-order valence-electron chi connectivity index (χ4n) is 3.36. The largest absolute Gasteiger partial charge is 0.388 e. The van der Waals surface area contributed by atoms with Gasteiger partial charge in [0.25, 0.3) is 0 Å². The molecule has 0 aromatic heterocycles. The summed E-state index contributed by atoms with van der Waals surface area (Å²) in [5, 5.41) is 19.9. The lowest BCUT2D eigenvalue weighted by Crippen LogP contribution is -2.54. The highest BCUT2D eigenvalue weighted by Gasteiger charge is 2.55. The SMILES string of the molecule is CCC1CCCC(C#N)(C2(O)CCC2)C1. The Labute approximate surface area is 92.3 Å². The van der Waals surface area contributed by atoms with Crippen LogP contribution in [-0.2, 0) is 0 Å². The van der Waals surface area contributed by atoms with Crippen LogP contribution >= 0.6 is 0 Å². The van der Waals surface area contributed by atoms with Gasteiger partial charge in [0.1, 0.15) is 0 Å². The maximum Gasteiger partial charge on any atom is 0.0862 e. The van der Waals surface area contributed by atoms with Crippen molar-refractivity contribution in [3.8, 4) is 6.07 Å². The molecule has 0 aliphatic heterocycles. The highest BCUT2D eigenvalue weighted by Crippen LogP contribution is 2.54. The van der Waals surface area contributed by atoms with Gasteiger partial charge in [0.15, 0.2) is 0 Å². The highest BCUT2D eigenvalue weighted by atomic mass is 16.3. The van der Waals surface area contributed by atoms with Crippen LogP contribution < -0.4 is 0 Å². The second kappa shape index (κ2) is 3.79. The van der Waals surface area contributed by atoms with Crippen LogP contribution in [0.5, 0.6) is 0 Å². The van der Waals surface area contributed by atoms with Gasteiger partial charge in [-0.1, -0.05) is 26.2 Å². The highest BCUT2D eigenvalue weighted by molar-refractivity contribution is 5.16. The zero-order valence-electron chi connectivity index (χ0n) is 9.63. The van der Waals surface area contributed by atoms with Gasteiger partial charge < -0.3 is 5.11 Å². The van der Waals surface area contributed by atoms with Crippen molar-refractivity contribution in [1.82, 2.24) is 0 Å². The quantitative estimate of drug-likeness (QED) is 0.756. The molecule has 15 heavy (non-hydrogen) atoms. The Bertz CT molecular complexity index is 277. The molecule has 2 rings (SSSR count). The monoisotopic (exact) mass is 207 g/mol. The number of nitrogens with zero attached hydrogens (tertiary/aromatic N) is 1. The Morgan fingerprint density at radius 1 is 1.33 bits per heavy atom. The summed E-state index contributed by atoms with van der Waals surface area (Å²) in [5.41, 5.74) is -1.06. The van der Waals surface area contributed by atoms with Crippen LogP contribution in [-0.4, -0.2) is 10.7 Å². The third kappa shape index (κ3) is 1.58. The van der Waals surface area contributed by atoms with Gasteiger partial charge in [-0.2, -0.15) is 5.26 Å². The van der Waals surface area contributed by atoms with E-state index in [-0.39, 0.29) is 0 Å². The summed E-state index contributed by atoms with van der Waals surface area (Å²) in [5.74, 6) is 0.656. The smallest absolute Gasteiger partial charge is 0.0862 e. The summed E-state index contributed by atoms with van der Waals surface area (Å²) in [7, 11) is 0. The van der Waals surface area contributed by atoms with Crippen LogP contribution in [0, 0.1) is 22.7 Å². The molecule has 1 N–H and O–H groups in total. The molecule has 84 valence electrons. The minimum absolute atomic E-state index is 0.413. The molecule has 0 aromatic carbocycles. The first kappa shape index (κ1) is 11.0. The van der Waals surface area contributed by atoms with E-state index in [1.807, 2.05) is 0 Å². The molecular weight excluding hydrogens is 186 g/mol. The van der Waals surface area contributed by atoms with E-state index in [9.17, 15) is 10.4 Å². The van der Waals surface area contributed by atoms with Gasteiger partial charge in [0, 0.05) is 0 Å². The zero-order chi connectivity index (χ0) is 10.9. The van der Waals surface area contributed by atoms with Gasteiger partial charge in [0.05, 0.1) is 17.1 Å². The molecular formula is C13H21NO. The maximum absolute atomic E-state index is 10.5. The van der Waals surface area contributed by atoms with E-state index in [1.165, 1.54) is 6.42 Å². The number of nitriles is 1. The van der Waals surface area contributed by atoms with Crippen LogP contribution in [0.25, 0.3) is 0 Å². The Morgan fingerprint density at radius 2 is 2.07 bits per heavy atom. The van der Waals surface area contributed by atoms with Crippen molar-refractivity contribution in [2.75, 3.05) is 0 Å². The minimum atomic E-state index is -0.643. The molecule has 2 atom stereocenters. The van der Waals surface area contributed by atoms with Gasteiger partial charge in [-0.25, -0.2) is 0 Å². The predicted molar refractivity (Wildman–Crippen MR) is 59.1 cm³/mol. The first-order chi connectivity index (χ1) is 7.16. The molecule has 0 saturated heterocycles. The fourth-order valence-corrected chi connectivity index (χ4v) is 3.36. The molecule has 0 amide bonds. The molecule has 2 nitrogen and oxygen atoms in total. The maximum atomic E-state index is 10.5. The summed E-state index contributed by atoms with van der Waals surface area (Å²) in [6, 6.07) is 2.47. The van der Waals surface area contributed by atoms with E-state index in [1.54, 1.807) is 0 Å². The fraction of sp³-hybridized carbons (Fsp3) is 0.923. The van der Waals surface area contributed by atoms with Gasteiger partial charge in [-0.15, -0.1) is 0 Å². The van der Waals surface area contributed by atoms with Gasteiger partial charge in [-0.3, -0.25) is 0 Å². The van der Waals surface area contributed by atoms with Crippen molar-refractivity contribution < 1.29 is 5.11 Å². The van der Waals surface area contributed by atoms with E-state index < -0.39 is 11.0 Å². The molecule has 0 radical (unpaired) electrons. The second-order valence-corrected chi connectivity index (χ2v) is 5.45. The summed E-state index contributed by atoms with van der Waals surface area (Å²) in [6.45, 7) is 2.20. The molecule has 2 heteroatoms. The lowest BCUT2D eigenvalue weighted by Gasteiger charge is -2.52. The van der Waals surface area contributed by atoms with E-state index in [0.29, 0.717) is 5.92 Å². The summed E-state index contributed by atoms with van der Waals surface area (Å²) in [4.78, 5) is 0. The summed E-state index contributed by atoms with van der Waals surface area (Å²) in [6.07, 6.45) is 8.14. The molecule has 0 aromatic rings. The van der Waals surface area contributed by atoms with E-state index in [4.69, 9.17) is 0 Å². The first-order valence-corrected chi connectivity index (χ1v) is 6.29. The molecule has 2 aliphatic carbocycles. The van der Waals surface area contributed by atoms with Crippen LogP contribution in [0.1, 0.15) is 58.3 Å². The van der Waals surface area contributed by atoms with Crippen molar-refractivity contribution in [3.63, 3.8) is 0 Å². The van der Waals surface area contributed by atoms with Crippen molar-refractivity contribution in [2.45, 2.75) is 63.9 Å². The molecule has 2 saturated carbocycles. The van der Waals surface area contributed by atoms with Crippen LogP contribution in [0.3, 0.4) is 0 Å². The molecule has 0 spiro atoms. The number of hydrogen-bond donors (Lipinski definition) is 1. The minimum Gasteiger partial charge on any atom is -0.388 e. The average Bonchev–Trinajstić information content (AvgIpc) is 2.25. The average molecular weight is 207 g/mol. The third-order valence-electron chi connectivity index (χ3n) is 4.72. The summed E-state index contributed by atoms with van der Waals surface area (Å²) >= 11 is 0. The van der Waals surface area contributed by atoms with Crippen molar-refractivity contribution in [1.29, 1.82) is 5.26 Å². The number of aliphatic hydroxyl groups is 1. The Balaban J connectivity index is 2.17. The third-order valence-corrected chi connectivity index (χ3v) is 4.72. The van der Waals surface area contributed by atoms with Crippen LogP contribution in [0.4, 0.5) is 0 Å². The summed E-state index contributed by atoms with van der Waals surface area (Å²) < 4.78 is 0. The van der Waals surface area contributed by atoms with E-state index in [2.05, 4.69) is 13.0 Å². The Morgan fingerprint density at radius 3 is 2.53 bits per heavy atom. The topological polar surface area (TPSA) is 44.0 Å². The van der Waals surface area contributed by atoms with Gasteiger partial charge in [-0.05, 0) is 38.0 Å². The van der Waals surface area contributed by atoms with Crippen molar-refractivity contribution in [3.05, 3.63) is 0 Å². The standard InChI is InChI=1S/C13H21NO/c1-2-11-5-3-6-12(9-11,10-14)13(15)7-4-8-13/h11,15H,2-9H2,1H3. The van der Waals surface area contributed by atoms with Gasteiger partial charge in [0.2, 0.25) is 0 Å². The Hall–Kier alpha value is -0.550. The number of hydrogen-bond acceptors (Lipinski definition) is 2. The van der Waals surface area contributed by atoms with Crippen LogP contribution in [0.2, 0.25) is 0 Å². The first-order valence-electron chi connectivity index (χ1n) is 6.29. The lowest BCUT2D eigenvalue weighted by molar-refractivity contribution is -0.134. The number of rotatable bonds is 2. The predicted octanol–water partition coefficient (Wildman–Crippen LogP) is 3.01. The zero-order valence-corrected chi connectivity index (χ0v) is 9.63. The second-order valence-electron chi connectivity index (χ2n) is 5.45. The molecule has 2 aliphatic rings. The Kier molecular flexibility index (Phi) is 2.77. The van der Waals surface area contributed by atoms with Crippen molar-refractivity contribution >= 4 is 0 Å². The van der Waals surface area contributed by atoms with E-state index in [0.717, 1.165) is 44.9 Å². The molecule has 2 unspecified atom stereocenters. The van der Waals surface area contributed by atoms with Crippen molar-refractivity contribution in [2.24, 2.45) is 11.3 Å². The normalized spacial score (nSPS) is 39.1. The molecule has 2 fully saturated rings.